The third kappa shape index (κ3) is 1.17. The van der Waals surface area contributed by atoms with E-state index < -0.39 is 5.97 Å². The highest BCUT2D eigenvalue weighted by atomic mass is 16.5. The molecule has 72 valence electrons. The molecule has 6 heteroatoms. The summed E-state index contributed by atoms with van der Waals surface area (Å²) in [5.74, 6) is -0.648. The number of carbonyl (C=O) groups is 1. The summed E-state index contributed by atoms with van der Waals surface area (Å²) in [4.78, 5) is 14.5. The fraction of sp³-hybridized carbons (Fsp3) is 0.125. The quantitative estimate of drug-likeness (QED) is 0.748. The van der Waals surface area contributed by atoms with E-state index in [1.54, 1.807) is 0 Å². The zero-order chi connectivity index (χ0) is 10.1. The van der Waals surface area contributed by atoms with Crippen LogP contribution in [0.5, 0.6) is 5.88 Å². The molecule has 0 aliphatic carbocycles. The fourth-order valence-electron chi connectivity index (χ4n) is 1.18. The predicted molar refractivity (Wildman–Crippen MR) is 46.5 cm³/mol. The van der Waals surface area contributed by atoms with Crippen LogP contribution in [0, 0.1) is 0 Å². The fourth-order valence-corrected chi connectivity index (χ4v) is 1.18. The van der Waals surface area contributed by atoms with E-state index in [-0.39, 0.29) is 5.56 Å². The number of carboxylic acid groups (broad SMARTS) is 1. The number of hydrogen-bond donors (Lipinski definition) is 1. The van der Waals surface area contributed by atoms with Crippen LogP contribution in [-0.2, 0) is 0 Å². The molecule has 0 saturated carbocycles. The maximum atomic E-state index is 10.7. The maximum Gasteiger partial charge on any atom is 0.337 e. The molecule has 2 aromatic heterocycles. The highest BCUT2D eigenvalue weighted by molar-refractivity contribution is 5.89. The van der Waals surface area contributed by atoms with E-state index in [0.29, 0.717) is 11.4 Å². The summed E-state index contributed by atoms with van der Waals surface area (Å²) in [7, 11) is 1.47. The average molecular weight is 193 g/mol. The Balaban J connectivity index is 2.70. The molecule has 0 aromatic carbocycles. The van der Waals surface area contributed by atoms with E-state index in [0.717, 1.165) is 0 Å². The molecular formula is C8H7N3O3. The highest BCUT2D eigenvalue weighted by Gasteiger charge is 2.10. The van der Waals surface area contributed by atoms with E-state index in [2.05, 4.69) is 10.1 Å². The molecule has 0 saturated heterocycles. The molecule has 0 bridgehead atoms. The Bertz CT molecular complexity index is 492. The summed E-state index contributed by atoms with van der Waals surface area (Å²) < 4.78 is 6.37. The van der Waals surface area contributed by atoms with Gasteiger partial charge in [0.05, 0.1) is 12.7 Å². The molecule has 0 atom stereocenters. The van der Waals surface area contributed by atoms with Crippen molar-refractivity contribution in [3.8, 4) is 5.88 Å². The molecular weight excluding hydrogens is 186 g/mol. The van der Waals surface area contributed by atoms with Crippen LogP contribution in [0.4, 0.5) is 0 Å². The largest absolute Gasteiger partial charge is 0.479 e. The topological polar surface area (TPSA) is 76.7 Å². The van der Waals surface area contributed by atoms with Crippen molar-refractivity contribution in [1.82, 2.24) is 14.6 Å². The molecule has 0 fully saturated rings. The van der Waals surface area contributed by atoms with Crippen LogP contribution in [0.2, 0.25) is 0 Å². The van der Waals surface area contributed by atoms with E-state index in [1.165, 1.54) is 30.2 Å². The van der Waals surface area contributed by atoms with Gasteiger partial charge in [0.15, 0.2) is 0 Å². The van der Waals surface area contributed by atoms with E-state index in [1.807, 2.05) is 0 Å². The summed E-state index contributed by atoms with van der Waals surface area (Å²) in [6.07, 6.45) is 2.71. The lowest BCUT2D eigenvalue weighted by molar-refractivity contribution is 0.0697. The molecule has 2 aromatic rings. The van der Waals surface area contributed by atoms with Gasteiger partial charge in [0, 0.05) is 6.20 Å². The maximum absolute atomic E-state index is 10.7. The van der Waals surface area contributed by atoms with Crippen molar-refractivity contribution >= 4 is 11.5 Å². The zero-order valence-corrected chi connectivity index (χ0v) is 7.34. The van der Waals surface area contributed by atoms with Crippen LogP contribution in [0.25, 0.3) is 5.52 Å². The first kappa shape index (κ1) is 8.49. The lowest BCUT2D eigenvalue weighted by Crippen LogP contribution is -1.95. The SMILES string of the molecule is COc1ncnn2cc(C(=O)O)cc12. The standard InChI is InChI=1S/C8H7N3O3/c1-14-7-6-2-5(8(12)13)3-11(6)10-4-9-7/h2-4H,1H3,(H,12,13). The highest BCUT2D eigenvalue weighted by Crippen LogP contribution is 2.17. The Morgan fingerprint density at radius 1 is 1.64 bits per heavy atom. The van der Waals surface area contributed by atoms with Crippen LogP contribution < -0.4 is 4.74 Å². The van der Waals surface area contributed by atoms with E-state index in [9.17, 15) is 4.79 Å². The zero-order valence-electron chi connectivity index (χ0n) is 7.34. The number of rotatable bonds is 2. The molecule has 0 spiro atoms. The number of fused-ring (bicyclic) bond motifs is 1. The number of aromatic nitrogens is 3. The molecule has 0 amide bonds. The molecule has 0 aliphatic rings. The van der Waals surface area contributed by atoms with Crippen molar-refractivity contribution in [2.24, 2.45) is 0 Å². The second-order valence-electron chi connectivity index (χ2n) is 2.63. The Morgan fingerprint density at radius 3 is 3.07 bits per heavy atom. The predicted octanol–water partition coefficient (Wildman–Crippen LogP) is 0.436. The minimum atomic E-state index is -1.00. The van der Waals surface area contributed by atoms with Crippen LogP contribution in [0.1, 0.15) is 10.4 Å². The number of aromatic carboxylic acids is 1. The molecule has 0 aliphatic heterocycles. The lowest BCUT2D eigenvalue weighted by atomic mass is 10.3. The van der Waals surface area contributed by atoms with Gasteiger partial charge in [-0.25, -0.2) is 9.31 Å². The first-order chi connectivity index (χ1) is 6.72. The molecule has 6 nitrogen and oxygen atoms in total. The van der Waals surface area contributed by atoms with Crippen molar-refractivity contribution in [1.29, 1.82) is 0 Å². The number of methoxy groups -OCH3 is 1. The van der Waals surface area contributed by atoms with Gasteiger partial charge in [-0.05, 0) is 6.07 Å². The van der Waals surface area contributed by atoms with Crippen molar-refractivity contribution in [3.63, 3.8) is 0 Å². The number of carboxylic acids is 1. The van der Waals surface area contributed by atoms with E-state index in [4.69, 9.17) is 9.84 Å². The van der Waals surface area contributed by atoms with Crippen LogP contribution >= 0.6 is 0 Å². The number of nitrogens with zero attached hydrogens (tertiary/aromatic N) is 3. The van der Waals surface area contributed by atoms with Crippen LogP contribution in [0.15, 0.2) is 18.6 Å². The average Bonchev–Trinajstić information content (AvgIpc) is 2.60. The number of ether oxygens (including phenoxy) is 1. The molecule has 14 heavy (non-hydrogen) atoms. The Labute approximate surface area is 78.8 Å². The van der Waals surface area contributed by atoms with Gasteiger partial charge < -0.3 is 9.84 Å². The van der Waals surface area contributed by atoms with Gasteiger partial charge in [-0.3, -0.25) is 0 Å². The first-order valence-electron chi connectivity index (χ1n) is 3.83. The third-order valence-corrected chi connectivity index (χ3v) is 1.81. The van der Waals surface area contributed by atoms with Crippen LogP contribution in [-0.4, -0.2) is 32.8 Å². The van der Waals surface area contributed by atoms with Gasteiger partial charge in [-0.1, -0.05) is 0 Å². The van der Waals surface area contributed by atoms with Gasteiger partial charge in [0.2, 0.25) is 5.88 Å². The van der Waals surface area contributed by atoms with Crippen molar-refractivity contribution in [2.45, 2.75) is 0 Å². The van der Waals surface area contributed by atoms with Crippen molar-refractivity contribution < 1.29 is 14.6 Å². The van der Waals surface area contributed by atoms with Gasteiger partial charge in [0.25, 0.3) is 0 Å². The first-order valence-corrected chi connectivity index (χ1v) is 3.83. The second-order valence-corrected chi connectivity index (χ2v) is 2.63. The van der Waals surface area contributed by atoms with Crippen LogP contribution in [0.3, 0.4) is 0 Å². The van der Waals surface area contributed by atoms with Crippen molar-refractivity contribution in [2.75, 3.05) is 7.11 Å². The summed E-state index contributed by atoms with van der Waals surface area (Å²) in [6, 6.07) is 1.46. The summed E-state index contributed by atoms with van der Waals surface area (Å²) in [5.41, 5.74) is 0.691. The normalized spacial score (nSPS) is 10.4. The van der Waals surface area contributed by atoms with Gasteiger partial charge in [-0.2, -0.15) is 10.1 Å². The minimum Gasteiger partial charge on any atom is -0.479 e. The smallest absolute Gasteiger partial charge is 0.337 e. The summed E-state index contributed by atoms with van der Waals surface area (Å²) in [5, 5.41) is 12.6. The van der Waals surface area contributed by atoms with Crippen molar-refractivity contribution in [3.05, 3.63) is 24.2 Å². The number of hydrogen-bond acceptors (Lipinski definition) is 4. The molecule has 2 rings (SSSR count). The van der Waals surface area contributed by atoms with Gasteiger partial charge in [0.1, 0.15) is 11.8 Å². The summed E-state index contributed by atoms with van der Waals surface area (Å²) >= 11 is 0. The molecule has 2 heterocycles. The molecule has 1 N–H and O–H groups in total. The summed E-state index contributed by atoms with van der Waals surface area (Å²) in [6.45, 7) is 0. The third-order valence-electron chi connectivity index (χ3n) is 1.81. The monoisotopic (exact) mass is 193 g/mol. The minimum absolute atomic E-state index is 0.156. The van der Waals surface area contributed by atoms with Gasteiger partial charge in [-0.15, -0.1) is 0 Å². The second kappa shape index (κ2) is 2.99. The Kier molecular flexibility index (Phi) is 1.81. The van der Waals surface area contributed by atoms with Gasteiger partial charge >= 0.3 is 5.97 Å². The van der Waals surface area contributed by atoms with E-state index >= 15 is 0 Å². The lowest BCUT2D eigenvalue weighted by Gasteiger charge is -1.98. The molecule has 0 unspecified atom stereocenters. The Hall–Kier alpha value is -2.11. The Morgan fingerprint density at radius 2 is 2.43 bits per heavy atom. The molecule has 0 radical (unpaired) electrons.